The fourth-order valence-corrected chi connectivity index (χ4v) is 3.07. The molecule has 2 rings (SSSR count). The Morgan fingerprint density at radius 3 is 2.00 bits per heavy atom. The van der Waals surface area contributed by atoms with Crippen molar-refractivity contribution in [1.82, 2.24) is 0 Å². The number of nitrogen functional groups attached to an aromatic ring is 1. The quantitative estimate of drug-likeness (QED) is 0.554. The minimum absolute atomic E-state index is 0.0492. The van der Waals surface area contributed by atoms with Crippen LogP contribution >= 0.6 is 0 Å². The van der Waals surface area contributed by atoms with Crippen molar-refractivity contribution in [1.29, 1.82) is 0 Å². The summed E-state index contributed by atoms with van der Waals surface area (Å²) < 4.78 is 62.7. The van der Waals surface area contributed by atoms with Crippen molar-refractivity contribution >= 4 is 36.7 Å². The van der Waals surface area contributed by atoms with E-state index < -0.39 is 30.0 Å². The molecule has 0 amide bonds. The van der Waals surface area contributed by atoms with Crippen molar-refractivity contribution in [2.75, 3.05) is 5.73 Å². The van der Waals surface area contributed by atoms with E-state index >= 15 is 0 Å². The monoisotopic (exact) mass is 303 g/mol. The van der Waals surface area contributed by atoms with Gasteiger partial charge in [-0.3, -0.25) is 9.11 Å². The number of hydrogen-bond acceptors (Lipinski definition) is 5. The molecule has 7 nitrogen and oxygen atoms in total. The topological polar surface area (TPSA) is 135 Å². The third-order valence-corrected chi connectivity index (χ3v) is 4.35. The van der Waals surface area contributed by atoms with E-state index in [0.29, 0.717) is 5.39 Å². The lowest BCUT2D eigenvalue weighted by atomic mass is 10.1. The van der Waals surface area contributed by atoms with Gasteiger partial charge in [-0.05, 0) is 23.6 Å². The van der Waals surface area contributed by atoms with Crippen LogP contribution in [0.2, 0.25) is 0 Å². The first kappa shape index (κ1) is 13.7. The maximum atomic E-state index is 11.2. The highest BCUT2D eigenvalue weighted by Gasteiger charge is 2.19. The molecular weight excluding hydrogens is 294 g/mol. The molecule has 0 radical (unpaired) electrons. The van der Waals surface area contributed by atoms with Crippen molar-refractivity contribution in [2.45, 2.75) is 9.79 Å². The van der Waals surface area contributed by atoms with Gasteiger partial charge in [0.05, 0.1) is 5.69 Å². The molecule has 0 aliphatic rings. The molecule has 0 atom stereocenters. The summed E-state index contributed by atoms with van der Waals surface area (Å²) in [6, 6.07) is 6.09. The molecule has 2 aromatic rings. The molecule has 0 aliphatic heterocycles. The molecule has 0 aliphatic carbocycles. The zero-order valence-corrected chi connectivity index (χ0v) is 10.9. The van der Waals surface area contributed by atoms with Crippen LogP contribution < -0.4 is 5.73 Å². The highest BCUT2D eigenvalue weighted by Crippen LogP contribution is 2.29. The summed E-state index contributed by atoms with van der Waals surface area (Å²) in [6.45, 7) is 0. The van der Waals surface area contributed by atoms with E-state index in [4.69, 9.17) is 14.8 Å². The Bertz CT molecular complexity index is 870. The van der Waals surface area contributed by atoms with Crippen LogP contribution in [0.4, 0.5) is 5.69 Å². The lowest BCUT2D eigenvalue weighted by Gasteiger charge is -2.08. The van der Waals surface area contributed by atoms with Crippen molar-refractivity contribution in [2.24, 2.45) is 0 Å². The smallest absolute Gasteiger partial charge is 0.296 e. The van der Waals surface area contributed by atoms with Crippen molar-refractivity contribution in [3.63, 3.8) is 0 Å². The Morgan fingerprint density at radius 2 is 1.47 bits per heavy atom. The number of nitrogens with two attached hydrogens (primary N) is 1. The van der Waals surface area contributed by atoms with Gasteiger partial charge in [-0.25, -0.2) is 0 Å². The van der Waals surface area contributed by atoms with Crippen molar-refractivity contribution in [3.8, 4) is 0 Å². The molecule has 0 saturated carbocycles. The van der Waals surface area contributed by atoms with Crippen LogP contribution in [-0.4, -0.2) is 25.9 Å². The summed E-state index contributed by atoms with van der Waals surface area (Å²) in [6.07, 6.45) is 0. The molecule has 0 fully saturated rings. The maximum Gasteiger partial charge on any atom is 0.296 e. The van der Waals surface area contributed by atoms with Crippen LogP contribution in [0.15, 0.2) is 40.1 Å². The number of rotatable bonds is 2. The third-order valence-electron chi connectivity index (χ3n) is 2.53. The Morgan fingerprint density at radius 1 is 0.895 bits per heavy atom. The van der Waals surface area contributed by atoms with Gasteiger partial charge in [0.2, 0.25) is 0 Å². The Hall–Kier alpha value is -1.68. The van der Waals surface area contributed by atoms with Crippen LogP contribution in [0.3, 0.4) is 0 Å². The molecule has 0 saturated heterocycles. The van der Waals surface area contributed by atoms with E-state index in [0.717, 1.165) is 12.1 Å². The molecule has 0 unspecified atom stereocenters. The first-order chi connectivity index (χ1) is 8.60. The van der Waals surface area contributed by atoms with E-state index in [1.165, 1.54) is 18.2 Å². The fraction of sp³-hybridized carbons (Fsp3) is 0. The lowest BCUT2D eigenvalue weighted by Crippen LogP contribution is -2.05. The fourth-order valence-electron chi connectivity index (χ4n) is 1.74. The number of fused-ring (bicyclic) bond motifs is 1. The predicted molar refractivity (Wildman–Crippen MR) is 68.0 cm³/mol. The van der Waals surface area contributed by atoms with Gasteiger partial charge in [0, 0.05) is 5.39 Å². The zero-order valence-electron chi connectivity index (χ0n) is 9.31. The molecule has 0 heterocycles. The molecule has 0 bridgehead atoms. The van der Waals surface area contributed by atoms with E-state index in [2.05, 4.69) is 0 Å². The standard InChI is InChI=1S/C10H9NO6S2/c11-8-4-6-2-1-3-9(18(12,13)14)7(6)5-10(8)19(15,16)17/h1-5H,11H2,(H,12,13,14)(H,15,16,17). The lowest BCUT2D eigenvalue weighted by molar-refractivity contribution is 0.480. The van der Waals surface area contributed by atoms with Crippen molar-refractivity contribution in [3.05, 3.63) is 30.3 Å². The predicted octanol–water partition coefficient (Wildman–Crippen LogP) is 0.915. The second-order valence-electron chi connectivity index (χ2n) is 3.82. The summed E-state index contributed by atoms with van der Waals surface area (Å²) >= 11 is 0. The van der Waals surface area contributed by atoms with Gasteiger partial charge in [-0.15, -0.1) is 0 Å². The molecule has 4 N–H and O–H groups in total. The first-order valence-corrected chi connectivity index (χ1v) is 7.76. The summed E-state index contributed by atoms with van der Waals surface area (Å²) in [4.78, 5) is -1.08. The van der Waals surface area contributed by atoms with Crippen LogP contribution in [0, 0.1) is 0 Å². The third kappa shape index (κ3) is 2.54. The van der Waals surface area contributed by atoms with Crippen LogP contribution in [0.1, 0.15) is 0 Å². The van der Waals surface area contributed by atoms with E-state index in [-0.39, 0.29) is 11.1 Å². The molecule has 102 valence electrons. The van der Waals surface area contributed by atoms with Gasteiger partial charge in [0.25, 0.3) is 20.2 Å². The molecular formula is C10H9NO6S2. The molecule has 19 heavy (non-hydrogen) atoms. The second kappa shape index (κ2) is 4.17. The van der Waals surface area contributed by atoms with Gasteiger partial charge >= 0.3 is 0 Å². The summed E-state index contributed by atoms with van der Waals surface area (Å²) in [5.74, 6) is 0. The Kier molecular flexibility index (Phi) is 3.01. The Labute approximate surface area is 109 Å². The number of anilines is 1. The average Bonchev–Trinajstić information content (AvgIpc) is 2.24. The average molecular weight is 303 g/mol. The minimum atomic E-state index is -4.59. The molecule has 9 heteroatoms. The summed E-state index contributed by atoms with van der Waals surface area (Å²) in [7, 11) is -9.11. The van der Waals surface area contributed by atoms with Gasteiger partial charge in [0.15, 0.2) is 0 Å². The van der Waals surface area contributed by atoms with Crippen molar-refractivity contribution < 1.29 is 25.9 Å². The highest BCUT2D eigenvalue weighted by atomic mass is 32.2. The Balaban J connectivity index is 2.99. The van der Waals surface area contributed by atoms with Gasteiger partial charge in [-0.1, -0.05) is 12.1 Å². The second-order valence-corrected chi connectivity index (χ2v) is 6.60. The van der Waals surface area contributed by atoms with Crippen LogP contribution in [0.25, 0.3) is 10.8 Å². The van der Waals surface area contributed by atoms with Gasteiger partial charge < -0.3 is 5.73 Å². The summed E-state index contributed by atoms with van der Waals surface area (Å²) in [5.41, 5.74) is 5.26. The minimum Gasteiger partial charge on any atom is -0.398 e. The zero-order chi connectivity index (χ0) is 14.4. The normalized spacial score (nSPS) is 12.7. The van der Waals surface area contributed by atoms with Crippen LogP contribution in [0.5, 0.6) is 0 Å². The van der Waals surface area contributed by atoms with E-state index in [9.17, 15) is 16.8 Å². The molecule has 2 aromatic carbocycles. The van der Waals surface area contributed by atoms with Crippen LogP contribution in [-0.2, 0) is 20.2 Å². The van der Waals surface area contributed by atoms with E-state index in [1.807, 2.05) is 0 Å². The highest BCUT2D eigenvalue weighted by molar-refractivity contribution is 7.86. The number of hydrogen-bond donors (Lipinski definition) is 3. The molecule has 0 aromatic heterocycles. The van der Waals surface area contributed by atoms with Gasteiger partial charge in [0.1, 0.15) is 9.79 Å². The largest absolute Gasteiger partial charge is 0.398 e. The van der Waals surface area contributed by atoms with Gasteiger partial charge in [-0.2, -0.15) is 16.8 Å². The first-order valence-electron chi connectivity index (χ1n) is 4.88. The summed E-state index contributed by atoms with van der Waals surface area (Å²) in [5, 5.41) is 0.270. The maximum absolute atomic E-state index is 11.2. The number of benzene rings is 2. The molecule has 0 spiro atoms. The van der Waals surface area contributed by atoms with E-state index in [1.54, 1.807) is 0 Å². The SMILES string of the molecule is Nc1cc2cccc(S(=O)(=O)O)c2cc1S(=O)(=O)O.